The van der Waals surface area contributed by atoms with Gasteiger partial charge in [-0.1, -0.05) is 18.2 Å². The molecule has 0 saturated carbocycles. The van der Waals surface area contributed by atoms with Crippen LogP contribution in [0.5, 0.6) is 0 Å². The fraction of sp³-hybridized carbons (Fsp3) is 0.0400. The average Bonchev–Trinajstić information content (AvgIpc) is 3.19. The largest absolute Gasteiger partial charge is 0.339 e. The lowest BCUT2D eigenvalue weighted by Gasteiger charge is -2.18. The molecule has 5 aromatic rings. The zero-order valence-corrected chi connectivity index (χ0v) is 16.4. The van der Waals surface area contributed by atoms with E-state index in [1.54, 1.807) is 24.5 Å². The number of rotatable bonds is 4. The summed E-state index contributed by atoms with van der Waals surface area (Å²) in [6, 6.07) is 24.6. The number of aromatic amines is 1. The molecule has 0 bridgehead atoms. The minimum absolute atomic E-state index is 0.259. The van der Waals surface area contributed by atoms with Crippen molar-refractivity contribution in [2.45, 2.75) is 0 Å². The van der Waals surface area contributed by atoms with Gasteiger partial charge in [0.1, 0.15) is 17.3 Å². The van der Waals surface area contributed by atoms with Gasteiger partial charge in [0.2, 0.25) is 0 Å². The van der Waals surface area contributed by atoms with Crippen LogP contribution in [0.15, 0.2) is 91.3 Å². The van der Waals surface area contributed by atoms with Crippen molar-refractivity contribution in [1.29, 1.82) is 0 Å². The van der Waals surface area contributed by atoms with Crippen LogP contribution in [0.2, 0.25) is 0 Å². The zero-order valence-electron chi connectivity index (χ0n) is 16.4. The van der Waals surface area contributed by atoms with Crippen LogP contribution < -0.4 is 4.90 Å². The number of fused-ring (bicyclic) bond motifs is 1. The summed E-state index contributed by atoms with van der Waals surface area (Å²) in [4.78, 5) is 14.5. The van der Waals surface area contributed by atoms with Crippen LogP contribution in [-0.2, 0) is 0 Å². The number of nitrogens with one attached hydrogen (secondary N) is 1. The predicted molar refractivity (Wildman–Crippen MR) is 119 cm³/mol. The molecule has 0 saturated heterocycles. The molecule has 30 heavy (non-hydrogen) atoms. The van der Waals surface area contributed by atoms with Gasteiger partial charge in [-0.15, -0.1) is 0 Å². The Morgan fingerprint density at radius 2 is 1.53 bits per heavy atom. The summed E-state index contributed by atoms with van der Waals surface area (Å²) in [5.41, 5.74) is 5.70. The third kappa shape index (κ3) is 3.20. The molecule has 0 aliphatic rings. The summed E-state index contributed by atoms with van der Waals surface area (Å²) in [6.07, 6.45) is 3.54. The molecular weight excluding hydrogens is 375 g/mol. The first-order valence-electron chi connectivity index (χ1n) is 9.68. The standard InChI is InChI=1S/C25H19FN4/c1-30(20-5-3-2-4-6-20)22-12-11-21-23(17-13-15-27-16-14-17)24(29-25(21)28-22)18-7-9-19(26)10-8-18/h2-16H,1H3,(H,28,29). The molecule has 0 amide bonds. The Kier molecular flexibility index (Phi) is 4.48. The van der Waals surface area contributed by atoms with Crippen LogP contribution in [-0.4, -0.2) is 22.0 Å². The number of anilines is 2. The average molecular weight is 394 g/mol. The number of aromatic nitrogens is 3. The molecule has 0 unspecified atom stereocenters. The maximum Gasteiger partial charge on any atom is 0.140 e. The smallest absolute Gasteiger partial charge is 0.140 e. The number of hydrogen-bond donors (Lipinski definition) is 1. The van der Waals surface area contributed by atoms with Gasteiger partial charge in [0.05, 0.1) is 5.69 Å². The lowest BCUT2D eigenvalue weighted by Crippen LogP contribution is -2.10. The molecule has 146 valence electrons. The van der Waals surface area contributed by atoms with E-state index in [1.165, 1.54) is 12.1 Å². The van der Waals surface area contributed by atoms with Gasteiger partial charge < -0.3 is 9.88 Å². The maximum absolute atomic E-state index is 13.5. The number of halogens is 1. The van der Waals surface area contributed by atoms with Crippen LogP contribution in [0, 0.1) is 5.82 Å². The van der Waals surface area contributed by atoms with Crippen molar-refractivity contribution in [3.63, 3.8) is 0 Å². The molecule has 1 N–H and O–H groups in total. The topological polar surface area (TPSA) is 44.8 Å². The van der Waals surface area contributed by atoms with Gasteiger partial charge in [0, 0.05) is 36.1 Å². The first kappa shape index (κ1) is 18.1. The number of benzene rings is 2. The molecule has 0 fully saturated rings. The SMILES string of the molecule is CN(c1ccccc1)c1ccc2c(-c3ccncc3)c(-c3ccc(F)cc3)[nH]c2n1. The van der Waals surface area contributed by atoms with Crippen LogP contribution in [0.4, 0.5) is 15.9 Å². The van der Waals surface area contributed by atoms with Gasteiger partial charge in [-0.25, -0.2) is 9.37 Å². The Morgan fingerprint density at radius 3 is 2.27 bits per heavy atom. The minimum Gasteiger partial charge on any atom is -0.339 e. The fourth-order valence-corrected chi connectivity index (χ4v) is 3.68. The molecule has 0 radical (unpaired) electrons. The third-order valence-electron chi connectivity index (χ3n) is 5.23. The van der Waals surface area contributed by atoms with E-state index in [4.69, 9.17) is 4.98 Å². The van der Waals surface area contributed by atoms with Crippen molar-refractivity contribution in [2.75, 3.05) is 11.9 Å². The van der Waals surface area contributed by atoms with Crippen molar-refractivity contribution in [2.24, 2.45) is 0 Å². The molecule has 2 aromatic carbocycles. The lowest BCUT2D eigenvalue weighted by molar-refractivity contribution is 0.628. The van der Waals surface area contributed by atoms with E-state index >= 15 is 0 Å². The van der Waals surface area contributed by atoms with Crippen LogP contribution >= 0.6 is 0 Å². The second kappa shape index (κ2) is 7.44. The van der Waals surface area contributed by atoms with Crippen molar-refractivity contribution in [1.82, 2.24) is 15.0 Å². The second-order valence-corrected chi connectivity index (χ2v) is 7.08. The first-order valence-corrected chi connectivity index (χ1v) is 9.68. The van der Waals surface area contributed by atoms with Crippen molar-refractivity contribution < 1.29 is 4.39 Å². The summed E-state index contributed by atoms with van der Waals surface area (Å²) in [5.74, 6) is 0.576. The number of H-pyrrole nitrogens is 1. The highest BCUT2D eigenvalue weighted by atomic mass is 19.1. The molecule has 3 heterocycles. The summed E-state index contributed by atoms with van der Waals surface area (Å²) in [5, 5.41) is 1.01. The Balaban J connectivity index is 1.69. The highest BCUT2D eigenvalue weighted by Gasteiger charge is 2.17. The summed E-state index contributed by atoms with van der Waals surface area (Å²) < 4.78 is 13.5. The van der Waals surface area contributed by atoms with Gasteiger partial charge in [0.25, 0.3) is 0 Å². The molecule has 0 aliphatic heterocycles. The monoisotopic (exact) mass is 394 g/mol. The van der Waals surface area contributed by atoms with Gasteiger partial charge in [0.15, 0.2) is 0 Å². The highest BCUT2D eigenvalue weighted by molar-refractivity contribution is 6.02. The van der Waals surface area contributed by atoms with E-state index in [-0.39, 0.29) is 5.82 Å². The molecule has 5 heteroatoms. The van der Waals surface area contributed by atoms with Crippen molar-refractivity contribution in [3.8, 4) is 22.4 Å². The molecule has 0 atom stereocenters. The van der Waals surface area contributed by atoms with Gasteiger partial charge >= 0.3 is 0 Å². The van der Waals surface area contributed by atoms with Gasteiger partial charge in [-0.2, -0.15) is 0 Å². The normalized spacial score (nSPS) is 11.0. The van der Waals surface area contributed by atoms with Crippen LogP contribution in [0.3, 0.4) is 0 Å². The third-order valence-corrected chi connectivity index (χ3v) is 5.23. The number of nitrogens with zero attached hydrogens (tertiary/aromatic N) is 3. The fourth-order valence-electron chi connectivity index (χ4n) is 3.68. The summed E-state index contributed by atoms with van der Waals surface area (Å²) >= 11 is 0. The van der Waals surface area contributed by atoms with Crippen LogP contribution in [0.25, 0.3) is 33.4 Å². The number of pyridine rings is 2. The van der Waals surface area contributed by atoms with E-state index in [9.17, 15) is 4.39 Å². The van der Waals surface area contributed by atoms with Crippen LogP contribution in [0.1, 0.15) is 0 Å². The van der Waals surface area contributed by atoms with E-state index in [2.05, 4.69) is 16.0 Å². The summed E-state index contributed by atoms with van der Waals surface area (Å²) in [6.45, 7) is 0. The zero-order chi connectivity index (χ0) is 20.5. The van der Waals surface area contributed by atoms with E-state index < -0.39 is 0 Å². The number of para-hydroxylation sites is 1. The Labute approximate surface area is 173 Å². The van der Waals surface area contributed by atoms with E-state index in [0.717, 1.165) is 44.9 Å². The second-order valence-electron chi connectivity index (χ2n) is 7.08. The Hall–Kier alpha value is -3.99. The molecule has 4 nitrogen and oxygen atoms in total. The molecular formula is C25H19FN4. The maximum atomic E-state index is 13.5. The van der Waals surface area contributed by atoms with Gasteiger partial charge in [-0.05, 0) is 71.8 Å². The number of hydrogen-bond acceptors (Lipinski definition) is 3. The Morgan fingerprint density at radius 1 is 0.800 bits per heavy atom. The quantitative estimate of drug-likeness (QED) is 0.395. The first-order chi connectivity index (χ1) is 14.7. The van der Waals surface area contributed by atoms with E-state index in [1.807, 2.05) is 60.5 Å². The predicted octanol–water partition coefficient (Wildman–Crippen LogP) is 6.20. The molecule has 0 aliphatic carbocycles. The van der Waals surface area contributed by atoms with E-state index in [0.29, 0.717) is 0 Å². The summed E-state index contributed by atoms with van der Waals surface area (Å²) in [7, 11) is 2.00. The molecule has 0 spiro atoms. The lowest BCUT2D eigenvalue weighted by atomic mass is 10.00. The minimum atomic E-state index is -0.259. The Bertz CT molecular complexity index is 1300. The van der Waals surface area contributed by atoms with Crippen molar-refractivity contribution in [3.05, 3.63) is 97.1 Å². The van der Waals surface area contributed by atoms with Crippen molar-refractivity contribution >= 4 is 22.5 Å². The molecule has 3 aromatic heterocycles. The van der Waals surface area contributed by atoms with Gasteiger partial charge in [-0.3, -0.25) is 4.98 Å². The molecule has 5 rings (SSSR count). The highest BCUT2D eigenvalue weighted by Crippen LogP contribution is 2.38.